The molecular formula is C21H16N2O3. The first-order valence-electron chi connectivity index (χ1n) is 8.21. The summed E-state index contributed by atoms with van der Waals surface area (Å²) < 4.78 is 7.51. The molecule has 0 aliphatic rings. The van der Waals surface area contributed by atoms with Crippen molar-refractivity contribution in [1.29, 1.82) is 0 Å². The summed E-state index contributed by atoms with van der Waals surface area (Å²) in [6.45, 7) is -0.141. The molecule has 0 bridgehead atoms. The third-order valence-corrected chi connectivity index (χ3v) is 4.04. The number of carboxylic acids is 1. The number of carbonyl (C=O) groups is 1. The highest BCUT2D eigenvalue weighted by molar-refractivity contribution is 5.82. The van der Waals surface area contributed by atoms with E-state index in [1.165, 1.54) is 0 Å². The Morgan fingerprint density at radius 1 is 0.885 bits per heavy atom. The van der Waals surface area contributed by atoms with E-state index in [0.717, 1.165) is 22.3 Å². The Morgan fingerprint density at radius 3 is 2.27 bits per heavy atom. The second-order valence-electron chi connectivity index (χ2n) is 5.84. The smallest absolute Gasteiger partial charge is 0.323 e. The van der Waals surface area contributed by atoms with Crippen molar-refractivity contribution in [2.24, 2.45) is 0 Å². The highest BCUT2D eigenvalue weighted by Gasteiger charge is 2.14. The number of hydrogen-bond acceptors (Lipinski definition) is 3. The van der Waals surface area contributed by atoms with Crippen molar-refractivity contribution in [3.05, 3.63) is 78.9 Å². The lowest BCUT2D eigenvalue weighted by atomic mass is 10.2. The zero-order valence-electron chi connectivity index (χ0n) is 13.9. The van der Waals surface area contributed by atoms with Gasteiger partial charge < -0.3 is 14.4 Å². The molecule has 128 valence electrons. The van der Waals surface area contributed by atoms with Crippen LogP contribution in [-0.4, -0.2) is 20.6 Å². The SMILES string of the molecule is O=C(O)Cn1c(-c2ccc(Oc3ccccc3)cc2)nc2ccccc21. The zero-order chi connectivity index (χ0) is 17.9. The highest BCUT2D eigenvalue weighted by Crippen LogP contribution is 2.28. The van der Waals surface area contributed by atoms with Crippen LogP contribution in [0, 0.1) is 0 Å². The van der Waals surface area contributed by atoms with E-state index in [1.54, 1.807) is 4.57 Å². The molecule has 1 N–H and O–H groups in total. The van der Waals surface area contributed by atoms with E-state index in [2.05, 4.69) is 4.98 Å². The Balaban J connectivity index is 1.70. The van der Waals surface area contributed by atoms with E-state index in [4.69, 9.17) is 4.74 Å². The fourth-order valence-corrected chi connectivity index (χ4v) is 2.89. The molecule has 5 nitrogen and oxygen atoms in total. The lowest BCUT2D eigenvalue weighted by Crippen LogP contribution is -2.09. The molecule has 0 unspecified atom stereocenters. The average molecular weight is 344 g/mol. The van der Waals surface area contributed by atoms with Gasteiger partial charge in [-0.05, 0) is 48.5 Å². The summed E-state index contributed by atoms with van der Waals surface area (Å²) in [6.07, 6.45) is 0. The van der Waals surface area contributed by atoms with Crippen molar-refractivity contribution < 1.29 is 14.6 Å². The largest absolute Gasteiger partial charge is 0.480 e. The molecule has 4 rings (SSSR count). The standard InChI is InChI=1S/C21H16N2O3/c24-20(25)14-23-19-9-5-4-8-18(19)22-21(23)15-10-12-17(13-11-15)26-16-6-2-1-3-7-16/h1-13H,14H2,(H,24,25). The quantitative estimate of drug-likeness (QED) is 0.575. The number of rotatable bonds is 5. The zero-order valence-corrected chi connectivity index (χ0v) is 13.9. The predicted octanol–water partition coefficient (Wildman–Crippen LogP) is 4.58. The van der Waals surface area contributed by atoms with Crippen molar-refractivity contribution in [3.63, 3.8) is 0 Å². The van der Waals surface area contributed by atoms with E-state index in [-0.39, 0.29) is 6.54 Å². The number of benzene rings is 3. The number of aliphatic carboxylic acids is 1. The molecule has 0 fully saturated rings. The van der Waals surface area contributed by atoms with Gasteiger partial charge in [0.2, 0.25) is 0 Å². The van der Waals surface area contributed by atoms with Gasteiger partial charge in [0.05, 0.1) is 11.0 Å². The molecule has 0 saturated heterocycles. The van der Waals surface area contributed by atoms with Crippen molar-refractivity contribution in [3.8, 4) is 22.9 Å². The van der Waals surface area contributed by atoms with Crippen LogP contribution in [0.3, 0.4) is 0 Å². The summed E-state index contributed by atoms with van der Waals surface area (Å²) in [6, 6.07) is 24.5. The van der Waals surface area contributed by atoms with Crippen LogP contribution in [0.5, 0.6) is 11.5 Å². The second-order valence-corrected chi connectivity index (χ2v) is 5.84. The van der Waals surface area contributed by atoms with Gasteiger partial charge in [-0.15, -0.1) is 0 Å². The maximum atomic E-state index is 11.3. The Labute approximate surface area is 150 Å². The summed E-state index contributed by atoms with van der Waals surface area (Å²) in [5.41, 5.74) is 2.41. The molecule has 0 atom stereocenters. The van der Waals surface area contributed by atoms with Crippen LogP contribution in [0.2, 0.25) is 0 Å². The fraction of sp³-hybridized carbons (Fsp3) is 0.0476. The first-order chi connectivity index (χ1) is 12.7. The van der Waals surface area contributed by atoms with Crippen molar-refractivity contribution >= 4 is 17.0 Å². The van der Waals surface area contributed by atoms with E-state index < -0.39 is 5.97 Å². The Bertz CT molecular complexity index is 1050. The number of para-hydroxylation sites is 3. The molecule has 26 heavy (non-hydrogen) atoms. The summed E-state index contributed by atoms with van der Waals surface area (Å²) in [5.74, 6) is 1.19. The van der Waals surface area contributed by atoms with Crippen molar-refractivity contribution in [1.82, 2.24) is 9.55 Å². The second kappa shape index (κ2) is 6.72. The third kappa shape index (κ3) is 3.15. The molecule has 1 heterocycles. The van der Waals surface area contributed by atoms with Gasteiger partial charge >= 0.3 is 5.97 Å². The van der Waals surface area contributed by atoms with Gasteiger partial charge in [-0.2, -0.15) is 0 Å². The van der Waals surface area contributed by atoms with Crippen LogP contribution in [0.1, 0.15) is 0 Å². The molecule has 0 aliphatic heterocycles. The van der Waals surface area contributed by atoms with Gasteiger partial charge in [0.1, 0.15) is 23.9 Å². The third-order valence-electron chi connectivity index (χ3n) is 4.04. The van der Waals surface area contributed by atoms with Crippen LogP contribution in [0.15, 0.2) is 78.9 Å². The first-order valence-corrected chi connectivity index (χ1v) is 8.21. The summed E-state index contributed by atoms with van der Waals surface area (Å²) >= 11 is 0. The van der Waals surface area contributed by atoms with Crippen molar-refractivity contribution in [2.75, 3.05) is 0 Å². The number of imidazole rings is 1. The van der Waals surface area contributed by atoms with E-state index >= 15 is 0 Å². The molecule has 0 amide bonds. The number of hydrogen-bond donors (Lipinski definition) is 1. The van der Waals surface area contributed by atoms with E-state index in [9.17, 15) is 9.90 Å². The monoisotopic (exact) mass is 344 g/mol. The number of nitrogens with zero attached hydrogens (tertiary/aromatic N) is 2. The van der Waals surface area contributed by atoms with Gasteiger partial charge in [-0.1, -0.05) is 30.3 Å². The van der Waals surface area contributed by atoms with E-state index in [1.807, 2.05) is 78.9 Å². The van der Waals surface area contributed by atoms with Crippen LogP contribution >= 0.6 is 0 Å². The maximum absolute atomic E-state index is 11.3. The number of aromatic nitrogens is 2. The van der Waals surface area contributed by atoms with Gasteiger partial charge in [-0.3, -0.25) is 4.79 Å². The van der Waals surface area contributed by atoms with Crippen LogP contribution in [-0.2, 0) is 11.3 Å². The van der Waals surface area contributed by atoms with Gasteiger partial charge in [-0.25, -0.2) is 4.98 Å². The normalized spacial score (nSPS) is 10.8. The molecular weight excluding hydrogens is 328 g/mol. The van der Waals surface area contributed by atoms with Gasteiger partial charge in [0.15, 0.2) is 0 Å². The maximum Gasteiger partial charge on any atom is 0.323 e. The van der Waals surface area contributed by atoms with Crippen LogP contribution < -0.4 is 4.74 Å². The Kier molecular flexibility index (Phi) is 4.11. The fourth-order valence-electron chi connectivity index (χ4n) is 2.89. The molecule has 1 aromatic heterocycles. The minimum absolute atomic E-state index is 0.141. The Hall–Kier alpha value is -3.60. The predicted molar refractivity (Wildman–Crippen MR) is 99.3 cm³/mol. The molecule has 3 aromatic carbocycles. The average Bonchev–Trinajstić information content (AvgIpc) is 3.01. The molecule has 0 aliphatic carbocycles. The highest BCUT2D eigenvalue weighted by atomic mass is 16.5. The summed E-state index contributed by atoms with van der Waals surface area (Å²) in [5, 5.41) is 9.26. The van der Waals surface area contributed by atoms with Gasteiger partial charge in [0, 0.05) is 5.56 Å². The van der Waals surface area contributed by atoms with Crippen LogP contribution in [0.4, 0.5) is 0 Å². The van der Waals surface area contributed by atoms with Crippen LogP contribution in [0.25, 0.3) is 22.4 Å². The van der Waals surface area contributed by atoms with Gasteiger partial charge in [0.25, 0.3) is 0 Å². The summed E-state index contributed by atoms with van der Waals surface area (Å²) in [4.78, 5) is 15.9. The first kappa shape index (κ1) is 15.9. The number of ether oxygens (including phenoxy) is 1. The summed E-state index contributed by atoms with van der Waals surface area (Å²) in [7, 11) is 0. The van der Waals surface area contributed by atoms with Crippen molar-refractivity contribution in [2.45, 2.75) is 6.54 Å². The molecule has 4 aromatic rings. The molecule has 0 spiro atoms. The lowest BCUT2D eigenvalue weighted by Gasteiger charge is -2.08. The number of fused-ring (bicyclic) bond motifs is 1. The van der Waals surface area contributed by atoms with E-state index in [0.29, 0.717) is 11.6 Å². The molecule has 5 heteroatoms. The molecule has 0 radical (unpaired) electrons. The topological polar surface area (TPSA) is 64.3 Å². The lowest BCUT2D eigenvalue weighted by molar-refractivity contribution is -0.137. The number of carboxylic acid groups (broad SMARTS) is 1. The minimum Gasteiger partial charge on any atom is -0.480 e. The Morgan fingerprint density at radius 2 is 1.54 bits per heavy atom. The molecule has 0 saturated carbocycles. The minimum atomic E-state index is -0.904.